The van der Waals surface area contributed by atoms with Crippen LogP contribution >= 0.6 is 0 Å². The number of unbranched alkanes of at least 4 members (excludes halogenated alkanes) is 1. The first-order valence-corrected chi connectivity index (χ1v) is 12.4. The van der Waals surface area contributed by atoms with Crippen LogP contribution in [0.1, 0.15) is 42.1 Å². The molecule has 0 heterocycles. The standard InChI is InChI=1S/C20H22O6S2/c1-2-3-10-27(23,24)14-5-7-16-17-8-6-15(28(25,26)11-4-9-21)13-19(17)20(22)18(16)12-14/h5-8,12-13,21H,2-4,9-11H2,1H3. The van der Waals surface area contributed by atoms with Crippen molar-refractivity contribution in [2.45, 2.75) is 36.0 Å². The number of aliphatic hydroxyl groups excluding tert-OH is 1. The normalized spacial score (nSPS) is 13.4. The molecule has 0 unspecified atom stereocenters. The Morgan fingerprint density at radius 2 is 1.21 bits per heavy atom. The summed E-state index contributed by atoms with van der Waals surface area (Å²) in [7, 11) is -7.07. The predicted molar refractivity (Wildman–Crippen MR) is 106 cm³/mol. The van der Waals surface area contributed by atoms with E-state index in [1.165, 1.54) is 24.3 Å². The van der Waals surface area contributed by atoms with Gasteiger partial charge in [-0.25, -0.2) is 16.8 Å². The van der Waals surface area contributed by atoms with Crippen LogP contribution in [0.3, 0.4) is 0 Å². The van der Waals surface area contributed by atoms with Gasteiger partial charge in [0.2, 0.25) is 0 Å². The molecule has 150 valence electrons. The maximum atomic E-state index is 12.8. The van der Waals surface area contributed by atoms with E-state index in [-0.39, 0.29) is 51.2 Å². The average molecular weight is 423 g/mol. The molecule has 1 aliphatic rings. The van der Waals surface area contributed by atoms with E-state index in [0.29, 0.717) is 17.5 Å². The summed E-state index contributed by atoms with van der Waals surface area (Å²) >= 11 is 0. The third-order valence-electron chi connectivity index (χ3n) is 4.82. The van der Waals surface area contributed by atoms with Crippen molar-refractivity contribution in [2.75, 3.05) is 18.1 Å². The van der Waals surface area contributed by atoms with Gasteiger partial charge >= 0.3 is 0 Å². The SMILES string of the molecule is CCCCS(=O)(=O)c1ccc2c(c1)C(=O)c1cc(S(=O)(=O)CCCO)ccc1-2. The van der Waals surface area contributed by atoms with E-state index >= 15 is 0 Å². The lowest BCUT2D eigenvalue weighted by atomic mass is 10.1. The fourth-order valence-electron chi connectivity index (χ4n) is 3.25. The molecule has 0 bridgehead atoms. The third kappa shape index (κ3) is 3.76. The van der Waals surface area contributed by atoms with Crippen LogP contribution in [-0.4, -0.2) is 45.8 Å². The van der Waals surface area contributed by atoms with Gasteiger partial charge in [-0.2, -0.15) is 0 Å². The van der Waals surface area contributed by atoms with E-state index in [1.807, 2.05) is 6.92 Å². The Balaban J connectivity index is 2.01. The quantitative estimate of drug-likeness (QED) is 0.598. The van der Waals surface area contributed by atoms with Gasteiger partial charge in [-0.05, 0) is 48.2 Å². The summed E-state index contributed by atoms with van der Waals surface area (Å²) < 4.78 is 49.6. The van der Waals surface area contributed by atoms with Gasteiger partial charge in [-0.3, -0.25) is 4.79 Å². The van der Waals surface area contributed by atoms with Crippen LogP contribution < -0.4 is 0 Å². The van der Waals surface area contributed by atoms with E-state index < -0.39 is 19.7 Å². The van der Waals surface area contributed by atoms with Crippen molar-refractivity contribution in [3.05, 3.63) is 47.5 Å². The van der Waals surface area contributed by atoms with E-state index in [4.69, 9.17) is 5.11 Å². The van der Waals surface area contributed by atoms with Gasteiger partial charge in [0.05, 0.1) is 21.3 Å². The number of hydrogen-bond acceptors (Lipinski definition) is 6. The molecule has 0 atom stereocenters. The topological polar surface area (TPSA) is 106 Å². The highest BCUT2D eigenvalue weighted by Gasteiger charge is 2.30. The first kappa shape index (κ1) is 20.7. The maximum absolute atomic E-state index is 12.8. The van der Waals surface area contributed by atoms with Gasteiger partial charge in [0.15, 0.2) is 25.5 Å². The molecule has 3 rings (SSSR count). The lowest BCUT2D eigenvalue weighted by molar-refractivity contribution is 0.104. The van der Waals surface area contributed by atoms with Crippen molar-refractivity contribution in [1.82, 2.24) is 0 Å². The Morgan fingerprint density at radius 3 is 1.64 bits per heavy atom. The summed E-state index contributed by atoms with van der Waals surface area (Å²) in [5, 5.41) is 8.87. The molecule has 0 saturated heterocycles. The van der Waals surface area contributed by atoms with Crippen molar-refractivity contribution in [2.24, 2.45) is 0 Å². The van der Waals surface area contributed by atoms with Crippen molar-refractivity contribution in [1.29, 1.82) is 0 Å². The summed E-state index contributed by atoms with van der Waals surface area (Å²) in [5.74, 6) is -0.559. The molecule has 1 N–H and O–H groups in total. The molecule has 0 aromatic heterocycles. The summed E-state index contributed by atoms with van der Waals surface area (Å²) in [4.78, 5) is 13.0. The van der Waals surface area contributed by atoms with Crippen LogP contribution in [-0.2, 0) is 19.7 Å². The Kier molecular flexibility index (Phi) is 5.74. The molecular formula is C20H22O6S2. The van der Waals surface area contributed by atoms with Crippen molar-refractivity contribution in [3.8, 4) is 11.1 Å². The Bertz CT molecular complexity index is 1040. The summed E-state index contributed by atoms with van der Waals surface area (Å²) in [6, 6.07) is 8.87. The monoisotopic (exact) mass is 422 g/mol. The van der Waals surface area contributed by atoms with Crippen LogP contribution in [0.5, 0.6) is 0 Å². The Labute approximate surface area is 165 Å². The molecule has 2 aromatic rings. The fourth-order valence-corrected chi connectivity index (χ4v) is 6.04. The molecule has 0 saturated carbocycles. The number of carbonyl (C=O) groups excluding carboxylic acids is 1. The highest BCUT2D eigenvalue weighted by molar-refractivity contribution is 7.91. The highest BCUT2D eigenvalue weighted by Crippen LogP contribution is 2.39. The third-order valence-corrected chi connectivity index (χ3v) is 8.41. The van der Waals surface area contributed by atoms with Gasteiger partial charge in [0, 0.05) is 17.7 Å². The molecule has 2 aromatic carbocycles. The molecule has 0 spiro atoms. The second-order valence-electron chi connectivity index (χ2n) is 6.81. The smallest absolute Gasteiger partial charge is 0.194 e. The summed E-state index contributed by atoms with van der Waals surface area (Å²) in [5.41, 5.74) is 1.73. The molecule has 0 fully saturated rings. The lowest BCUT2D eigenvalue weighted by Gasteiger charge is -2.06. The second kappa shape index (κ2) is 7.77. The number of carbonyl (C=O) groups is 1. The fraction of sp³-hybridized carbons (Fsp3) is 0.350. The number of fused-ring (bicyclic) bond motifs is 3. The minimum Gasteiger partial charge on any atom is -0.396 e. The molecule has 0 aliphatic heterocycles. The molecule has 28 heavy (non-hydrogen) atoms. The van der Waals surface area contributed by atoms with Gasteiger partial charge in [-0.1, -0.05) is 25.5 Å². The summed E-state index contributed by atoms with van der Waals surface area (Å²) in [6.07, 6.45) is 1.41. The van der Waals surface area contributed by atoms with E-state index in [1.54, 1.807) is 12.1 Å². The van der Waals surface area contributed by atoms with Gasteiger partial charge in [0.1, 0.15) is 0 Å². The van der Waals surface area contributed by atoms with Crippen LogP contribution in [0.4, 0.5) is 0 Å². The second-order valence-corrected chi connectivity index (χ2v) is 11.0. The maximum Gasteiger partial charge on any atom is 0.194 e. The molecule has 1 aliphatic carbocycles. The zero-order valence-corrected chi connectivity index (χ0v) is 17.1. The summed E-state index contributed by atoms with van der Waals surface area (Å²) in [6.45, 7) is 1.67. The van der Waals surface area contributed by atoms with Gasteiger partial charge in [-0.15, -0.1) is 0 Å². The van der Waals surface area contributed by atoms with Crippen molar-refractivity contribution < 1.29 is 26.7 Å². The van der Waals surface area contributed by atoms with Crippen molar-refractivity contribution >= 4 is 25.5 Å². The van der Waals surface area contributed by atoms with Gasteiger partial charge in [0.25, 0.3) is 0 Å². The van der Waals surface area contributed by atoms with E-state index in [2.05, 4.69) is 0 Å². The van der Waals surface area contributed by atoms with Gasteiger partial charge < -0.3 is 5.11 Å². The number of ketones is 1. The highest BCUT2D eigenvalue weighted by atomic mass is 32.2. The molecular weight excluding hydrogens is 400 g/mol. The van der Waals surface area contributed by atoms with E-state index in [0.717, 1.165) is 6.42 Å². The molecule has 8 heteroatoms. The van der Waals surface area contributed by atoms with Crippen LogP contribution in [0, 0.1) is 0 Å². The average Bonchev–Trinajstić information content (AvgIpc) is 2.96. The number of aliphatic hydroxyl groups is 1. The van der Waals surface area contributed by atoms with Crippen LogP contribution in [0.25, 0.3) is 11.1 Å². The minimum atomic E-state index is -3.60. The zero-order chi connectivity index (χ0) is 20.5. The lowest BCUT2D eigenvalue weighted by Crippen LogP contribution is -2.09. The zero-order valence-electron chi connectivity index (χ0n) is 15.5. The number of hydrogen-bond donors (Lipinski definition) is 1. The number of rotatable bonds is 8. The minimum absolute atomic E-state index is 0.0245. The first-order chi connectivity index (χ1) is 13.2. The Hall–Kier alpha value is -2.03. The van der Waals surface area contributed by atoms with Crippen molar-refractivity contribution in [3.63, 3.8) is 0 Å². The molecule has 0 amide bonds. The van der Waals surface area contributed by atoms with Crippen LogP contribution in [0.2, 0.25) is 0 Å². The predicted octanol–water partition coefficient (Wildman–Crippen LogP) is 2.63. The molecule has 6 nitrogen and oxygen atoms in total. The first-order valence-electron chi connectivity index (χ1n) is 9.11. The van der Waals surface area contributed by atoms with Crippen LogP contribution in [0.15, 0.2) is 46.2 Å². The number of sulfone groups is 2. The largest absolute Gasteiger partial charge is 0.396 e. The number of benzene rings is 2. The van der Waals surface area contributed by atoms with E-state index in [9.17, 15) is 21.6 Å². The Morgan fingerprint density at radius 1 is 0.750 bits per heavy atom. The molecule has 0 radical (unpaired) electrons.